The fraction of sp³-hybridized carbons (Fsp3) is 0.273. The van der Waals surface area contributed by atoms with Crippen LogP contribution in [0, 0.1) is 12.7 Å². The first-order valence-electron chi connectivity index (χ1n) is 9.61. The van der Waals surface area contributed by atoms with Crippen LogP contribution in [0.5, 0.6) is 0 Å². The molecule has 1 fully saturated rings. The summed E-state index contributed by atoms with van der Waals surface area (Å²) in [6.07, 6.45) is 0.384. The van der Waals surface area contributed by atoms with Gasteiger partial charge >= 0.3 is 0 Å². The standard InChI is InChI=1S/C22H21FN2O4S/c1-15-7-8-17(11-19(15)23)21-12-20(24-29-21)22(26)25(13-16-5-3-2-4-6-16)18-9-10-30(27,28)14-18/h2-8,11-12,18H,9-10,13-14H2,1H3/t18-/m0/s1. The van der Waals surface area contributed by atoms with Gasteiger partial charge in [-0.25, -0.2) is 12.8 Å². The maximum absolute atomic E-state index is 13.9. The minimum absolute atomic E-state index is 0.0585. The molecule has 0 unspecified atom stereocenters. The number of hydrogen-bond donors (Lipinski definition) is 0. The molecule has 1 saturated heterocycles. The second-order valence-corrected chi connectivity index (χ2v) is 9.74. The topological polar surface area (TPSA) is 80.5 Å². The number of carbonyl (C=O) groups is 1. The molecule has 1 atom stereocenters. The third-order valence-electron chi connectivity index (χ3n) is 5.29. The van der Waals surface area contributed by atoms with Crippen molar-refractivity contribution in [3.8, 4) is 11.3 Å². The van der Waals surface area contributed by atoms with E-state index in [1.807, 2.05) is 30.3 Å². The highest BCUT2D eigenvalue weighted by Gasteiger charge is 2.36. The molecule has 0 aliphatic carbocycles. The predicted octanol–water partition coefficient (Wildman–Crippen LogP) is 3.62. The Morgan fingerprint density at radius 3 is 2.63 bits per heavy atom. The zero-order valence-corrected chi connectivity index (χ0v) is 17.2. The van der Waals surface area contributed by atoms with Crippen molar-refractivity contribution >= 4 is 15.7 Å². The van der Waals surface area contributed by atoms with E-state index >= 15 is 0 Å². The Bertz CT molecular complexity index is 1170. The number of carbonyl (C=O) groups excluding carboxylic acids is 1. The van der Waals surface area contributed by atoms with Crippen molar-refractivity contribution in [2.45, 2.75) is 25.9 Å². The molecule has 2 heterocycles. The van der Waals surface area contributed by atoms with E-state index in [0.29, 0.717) is 17.5 Å². The van der Waals surface area contributed by atoms with Crippen molar-refractivity contribution in [2.75, 3.05) is 11.5 Å². The van der Waals surface area contributed by atoms with E-state index in [1.54, 1.807) is 19.1 Å². The van der Waals surface area contributed by atoms with Crippen LogP contribution in [-0.4, -0.2) is 41.9 Å². The zero-order chi connectivity index (χ0) is 21.3. The van der Waals surface area contributed by atoms with Crippen LogP contribution in [-0.2, 0) is 16.4 Å². The van der Waals surface area contributed by atoms with Crippen LogP contribution in [0.25, 0.3) is 11.3 Å². The fourth-order valence-corrected chi connectivity index (χ4v) is 5.30. The smallest absolute Gasteiger partial charge is 0.276 e. The summed E-state index contributed by atoms with van der Waals surface area (Å²) >= 11 is 0. The molecule has 1 aliphatic rings. The SMILES string of the molecule is Cc1ccc(-c2cc(C(=O)N(Cc3ccccc3)[C@H]3CCS(=O)(=O)C3)no2)cc1F. The van der Waals surface area contributed by atoms with Gasteiger partial charge in [0.05, 0.1) is 11.5 Å². The molecule has 30 heavy (non-hydrogen) atoms. The number of sulfone groups is 1. The minimum atomic E-state index is -3.17. The minimum Gasteiger partial charge on any atom is -0.355 e. The monoisotopic (exact) mass is 428 g/mol. The van der Waals surface area contributed by atoms with Gasteiger partial charge in [0.15, 0.2) is 21.3 Å². The molecule has 0 radical (unpaired) electrons. The number of rotatable bonds is 5. The van der Waals surface area contributed by atoms with E-state index in [2.05, 4.69) is 5.16 Å². The zero-order valence-electron chi connectivity index (χ0n) is 16.4. The number of amides is 1. The highest BCUT2D eigenvalue weighted by molar-refractivity contribution is 7.91. The summed E-state index contributed by atoms with van der Waals surface area (Å²) in [5.74, 6) is -0.527. The molecule has 0 spiro atoms. The van der Waals surface area contributed by atoms with E-state index in [-0.39, 0.29) is 35.3 Å². The number of nitrogens with zero attached hydrogens (tertiary/aromatic N) is 2. The lowest BCUT2D eigenvalue weighted by Gasteiger charge is -2.27. The van der Waals surface area contributed by atoms with Crippen molar-refractivity contribution in [2.24, 2.45) is 0 Å². The first kappa shape index (κ1) is 20.3. The summed E-state index contributed by atoms with van der Waals surface area (Å²) in [4.78, 5) is 14.8. The molecule has 4 rings (SSSR count). The second-order valence-electron chi connectivity index (χ2n) is 7.52. The third kappa shape index (κ3) is 4.28. The largest absolute Gasteiger partial charge is 0.355 e. The molecule has 1 amide bonds. The maximum Gasteiger partial charge on any atom is 0.276 e. The lowest BCUT2D eigenvalue weighted by atomic mass is 10.1. The van der Waals surface area contributed by atoms with Crippen molar-refractivity contribution in [1.29, 1.82) is 0 Å². The van der Waals surface area contributed by atoms with E-state index in [1.165, 1.54) is 17.0 Å². The van der Waals surface area contributed by atoms with Crippen molar-refractivity contribution in [3.05, 3.63) is 77.2 Å². The quantitative estimate of drug-likeness (QED) is 0.620. The fourth-order valence-electron chi connectivity index (χ4n) is 3.57. The molecular weight excluding hydrogens is 407 g/mol. The molecule has 1 aliphatic heterocycles. The average molecular weight is 428 g/mol. The van der Waals surface area contributed by atoms with Gasteiger partial charge < -0.3 is 9.42 Å². The van der Waals surface area contributed by atoms with Gasteiger partial charge in [-0.3, -0.25) is 4.79 Å². The van der Waals surface area contributed by atoms with Gasteiger partial charge in [-0.05, 0) is 30.5 Å². The summed E-state index contributed by atoms with van der Waals surface area (Å²) in [5.41, 5.74) is 1.93. The first-order valence-corrected chi connectivity index (χ1v) is 11.4. The second kappa shape index (κ2) is 8.02. The molecule has 0 N–H and O–H groups in total. The molecule has 0 saturated carbocycles. The van der Waals surface area contributed by atoms with Crippen LogP contribution in [0.4, 0.5) is 4.39 Å². The van der Waals surface area contributed by atoms with E-state index < -0.39 is 21.8 Å². The van der Waals surface area contributed by atoms with Crippen LogP contribution >= 0.6 is 0 Å². The van der Waals surface area contributed by atoms with E-state index in [0.717, 1.165) is 5.56 Å². The van der Waals surface area contributed by atoms with Crippen LogP contribution in [0.15, 0.2) is 59.1 Å². The molecule has 156 valence electrons. The van der Waals surface area contributed by atoms with Crippen LogP contribution in [0.3, 0.4) is 0 Å². The summed E-state index contributed by atoms with van der Waals surface area (Å²) in [7, 11) is -3.17. The molecule has 0 bridgehead atoms. The van der Waals surface area contributed by atoms with Crippen molar-refractivity contribution in [1.82, 2.24) is 10.1 Å². The Morgan fingerprint density at radius 1 is 1.20 bits per heavy atom. The van der Waals surface area contributed by atoms with E-state index in [9.17, 15) is 17.6 Å². The number of aryl methyl sites for hydroxylation is 1. The summed E-state index contributed by atoms with van der Waals surface area (Å²) in [6.45, 7) is 1.92. The Labute approximate surface area is 174 Å². The normalized spacial score (nSPS) is 17.7. The molecule has 2 aromatic carbocycles. The number of halogens is 1. The predicted molar refractivity (Wildman–Crippen MR) is 110 cm³/mol. The highest BCUT2D eigenvalue weighted by Crippen LogP contribution is 2.26. The Hall–Kier alpha value is -3.00. The van der Waals surface area contributed by atoms with Crippen molar-refractivity contribution in [3.63, 3.8) is 0 Å². The lowest BCUT2D eigenvalue weighted by Crippen LogP contribution is -2.40. The van der Waals surface area contributed by atoms with Gasteiger partial charge in [0.2, 0.25) is 0 Å². The molecule has 1 aromatic heterocycles. The van der Waals surface area contributed by atoms with Gasteiger partial charge in [0, 0.05) is 24.2 Å². The van der Waals surface area contributed by atoms with Crippen LogP contribution in [0.1, 0.15) is 28.0 Å². The van der Waals surface area contributed by atoms with Gasteiger partial charge in [-0.2, -0.15) is 0 Å². The summed E-state index contributed by atoms with van der Waals surface area (Å²) < 4.78 is 43.2. The Morgan fingerprint density at radius 2 is 1.97 bits per heavy atom. The first-order chi connectivity index (χ1) is 14.3. The van der Waals surface area contributed by atoms with Crippen molar-refractivity contribution < 1.29 is 22.1 Å². The molecule has 6 nitrogen and oxygen atoms in total. The summed E-state index contributed by atoms with van der Waals surface area (Å²) in [5, 5.41) is 3.88. The van der Waals surface area contributed by atoms with E-state index in [4.69, 9.17) is 4.52 Å². The highest BCUT2D eigenvalue weighted by atomic mass is 32.2. The number of aromatic nitrogens is 1. The van der Waals surface area contributed by atoms with Gasteiger partial charge in [-0.15, -0.1) is 0 Å². The number of hydrogen-bond acceptors (Lipinski definition) is 5. The molecule has 3 aromatic rings. The average Bonchev–Trinajstić information content (AvgIpc) is 3.35. The molecule has 8 heteroatoms. The van der Waals surface area contributed by atoms with Gasteiger partial charge in [0.25, 0.3) is 5.91 Å². The Kier molecular flexibility index (Phi) is 5.42. The number of benzene rings is 2. The Balaban J connectivity index is 1.63. The van der Waals surface area contributed by atoms with Gasteiger partial charge in [0.1, 0.15) is 5.82 Å². The van der Waals surface area contributed by atoms with Crippen LogP contribution in [0.2, 0.25) is 0 Å². The third-order valence-corrected chi connectivity index (χ3v) is 7.04. The summed E-state index contributed by atoms with van der Waals surface area (Å²) in [6, 6.07) is 15.1. The lowest BCUT2D eigenvalue weighted by molar-refractivity contribution is 0.0670. The van der Waals surface area contributed by atoms with Crippen LogP contribution < -0.4 is 0 Å². The molecular formula is C22H21FN2O4S. The maximum atomic E-state index is 13.9. The van der Waals surface area contributed by atoms with Gasteiger partial charge in [-0.1, -0.05) is 47.6 Å².